The second-order valence-corrected chi connectivity index (χ2v) is 12.4. The number of aromatic hydroxyl groups is 1. The van der Waals surface area contributed by atoms with Gasteiger partial charge in [-0.05, 0) is 42.2 Å². The third kappa shape index (κ3) is 7.23. The van der Waals surface area contributed by atoms with Crippen LogP contribution in [0.2, 0.25) is 5.02 Å². The van der Waals surface area contributed by atoms with Crippen molar-refractivity contribution in [3.05, 3.63) is 88.7 Å². The van der Waals surface area contributed by atoms with E-state index in [1.165, 1.54) is 9.80 Å². The fourth-order valence-corrected chi connectivity index (χ4v) is 6.63. The summed E-state index contributed by atoms with van der Waals surface area (Å²) in [6.07, 6.45) is -2.79. The number of fused-ring (bicyclic) bond motifs is 1. The van der Waals surface area contributed by atoms with Crippen molar-refractivity contribution in [1.82, 2.24) is 14.7 Å². The number of benzene rings is 2. The predicted octanol–water partition coefficient (Wildman–Crippen LogP) is 4.39. The van der Waals surface area contributed by atoms with E-state index in [0.29, 0.717) is 51.6 Å². The number of phenolic OH excluding ortho intramolecular Hbond substituents is 1. The number of amides is 4. The Kier molecular flexibility index (Phi) is 9.54. The molecule has 3 aromatic rings. The first-order valence-electron chi connectivity index (χ1n) is 15.7. The van der Waals surface area contributed by atoms with E-state index in [0.717, 1.165) is 17.3 Å². The van der Waals surface area contributed by atoms with Gasteiger partial charge < -0.3 is 29.9 Å². The van der Waals surface area contributed by atoms with Crippen LogP contribution in [-0.4, -0.2) is 89.3 Å². The van der Waals surface area contributed by atoms with E-state index in [1.807, 2.05) is 64.5 Å². The Balaban J connectivity index is 1.14. The smallest absolute Gasteiger partial charge is 0.420 e. The lowest BCUT2D eigenvalue weighted by Gasteiger charge is -2.40. The van der Waals surface area contributed by atoms with Crippen LogP contribution < -0.4 is 15.0 Å². The molecule has 0 bridgehead atoms. The number of piperidine rings is 1. The number of nitrogens with one attached hydrogen (secondary N) is 1. The maximum atomic E-state index is 13.8. The van der Waals surface area contributed by atoms with Gasteiger partial charge in [0.1, 0.15) is 5.75 Å². The van der Waals surface area contributed by atoms with E-state index in [4.69, 9.17) is 16.3 Å². The fourth-order valence-electron chi connectivity index (χ4n) is 6.39. The molecule has 0 radical (unpaired) electrons. The summed E-state index contributed by atoms with van der Waals surface area (Å²) in [4.78, 5) is 44.8. The van der Waals surface area contributed by atoms with E-state index < -0.39 is 40.6 Å². The number of phenols is 1. The summed E-state index contributed by atoms with van der Waals surface area (Å²) in [5, 5.41) is 14.4. The number of likely N-dealkylation sites (tertiary alicyclic amines) is 1. The van der Waals surface area contributed by atoms with Crippen LogP contribution in [0.25, 0.3) is 0 Å². The molecule has 11 nitrogen and oxygen atoms in total. The number of anilines is 1. The average molecular weight is 688 g/mol. The van der Waals surface area contributed by atoms with Gasteiger partial charge in [-0.15, -0.1) is 0 Å². The van der Waals surface area contributed by atoms with Crippen molar-refractivity contribution in [2.75, 3.05) is 49.6 Å². The number of piperazine rings is 1. The van der Waals surface area contributed by atoms with Crippen molar-refractivity contribution in [1.29, 1.82) is 0 Å². The van der Waals surface area contributed by atoms with Crippen molar-refractivity contribution in [2.45, 2.75) is 44.1 Å². The van der Waals surface area contributed by atoms with Gasteiger partial charge in [0.25, 0.3) is 5.91 Å². The zero-order chi connectivity index (χ0) is 34.0. The number of hydrogen-bond donors (Lipinski definition) is 2. The molecule has 4 amide bonds. The molecule has 48 heavy (non-hydrogen) atoms. The lowest BCUT2D eigenvalue weighted by molar-refractivity contribution is -0.694. The molecule has 15 heteroatoms. The maximum Gasteiger partial charge on any atom is 0.420 e. The van der Waals surface area contributed by atoms with Crippen LogP contribution in [0.5, 0.6) is 5.75 Å². The standard InChI is InChI=1S/C33H34ClF3N6O5/c34-26-19-22(18-25(29(26)44)33(35,36)37)20-28(30(45)39-14-16-42(17-15-39)41-10-4-1-5-11-41)48-32(47)40-12-8-24(9-13-40)43-21-23-6-2-3-7-27(23)38-31(43)46/h1-7,10-11,18-19,24,28H,8-9,12-17,20-21H2,(H-,38,44,46)/p+1/t28-/m1/s1. The van der Waals surface area contributed by atoms with Crippen molar-refractivity contribution < 1.29 is 42.1 Å². The summed E-state index contributed by atoms with van der Waals surface area (Å²) in [5.41, 5.74) is 0.395. The lowest BCUT2D eigenvalue weighted by atomic mass is 10.0. The van der Waals surface area contributed by atoms with Crippen LogP contribution >= 0.6 is 11.6 Å². The Bertz CT molecular complexity index is 1660. The van der Waals surface area contributed by atoms with Crippen molar-refractivity contribution in [2.24, 2.45) is 0 Å². The molecule has 0 aliphatic carbocycles. The SMILES string of the molecule is O=C(O[C@H](Cc1cc(Cl)c(O)c(C(F)(F)F)c1)C(=O)N1CCN([n+]2ccccc2)CC1)N1CCC(N2Cc3ccccc3NC2=O)CC1. The van der Waals surface area contributed by atoms with Crippen LogP contribution in [0.4, 0.5) is 28.4 Å². The van der Waals surface area contributed by atoms with Crippen LogP contribution in [0.15, 0.2) is 67.0 Å². The molecule has 254 valence electrons. The average Bonchev–Trinajstić information content (AvgIpc) is 3.09. The van der Waals surface area contributed by atoms with Crippen LogP contribution in [0.3, 0.4) is 0 Å². The zero-order valence-electron chi connectivity index (χ0n) is 25.9. The molecule has 2 N–H and O–H groups in total. The third-order valence-corrected chi connectivity index (χ3v) is 9.27. The fraction of sp³-hybridized carbons (Fsp3) is 0.394. The molecule has 0 spiro atoms. The first-order chi connectivity index (χ1) is 23.0. The third-order valence-electron chi connectivity index (χ3n) is 8.99. The topological polar surface area (TPSA) is 110 Å². The Morgan fingerprint density at radius 1 is 0.979 bits per heavy atom. The number of pyridine rings is 1. The number of carbonyl (C=O) groups is 3. The van der Waals surface area contributed by atoms with Gasteiger partial charge in [0.15, 0.2) is 18.5 Å². The summed E-state index contributed by atoms with van der Waals surface area (Å²) in [5.74, 6) is -1.66. The number of nitrogens with zero attached hydrogens (tertiary/aromatic N) is 5. The highest BCUT2D eigenvalue weighted by Gasteiger charge is 2.38. The highest BCUT2D eigenvalue weighted by Crippen LogP contribution is 2.40. The van der Waals surface area contributed by atoms with Gasteiger partial charge in [-0.1, -0.05) is 40.5 Å². The van der Waals surface area contributed by atoms with E-state index in [9.17, 15) is 32.7 Å². The number of rotatable bonds is 6. The van der Waals surface area contributed by atoms with Gasteiger partial charge in [-0.3, -0.25) is 4.79 Å². The normalized spacial score (nSPS) is 17.9. The van der Waals surface area contributed by atoms with Crippen LogP contribution in [-0.2, 0) is 28.7 Å². The van der Waals surface area contributed by atoms with Crippen molar-refractivity contribution >= 4 is 35.3 Å². The van der Waals surface area contributed by atoms with E-state index in [2.05, 4.69) is 5.32 Å². The molecule has 2 saturated heterocycles. The minimum absolute atomic E-state index is 0.0233. The number of halogens is 4. The minimum Gasteiger partial charge on any atom is -0.506 e. The molecular formula is C33H35ClF3N6O5+. The van der Waals surface area contributed by atoms with Gasteiger partial charge in [0, 0.05) is 63.0 Å². The first kappa shape index (κ1) is 33.2. The summed E-state index contributed by atoms with van der Waals surface area (Å²) in [6.45, 7) is 2.51. The molecule has 1 aromatic heterocycles. The predicted molar refractivity (Wildman–Crippen MR) is 169 cm³/mol. The lowest BCUT2D eigenvalue weighted by Crippen LogP contribution is -2.65. The van der Waals surface area contributed by atoms with Gasteiger partial charge >= 0.3 is 18.3 Å². The number of ether oxygens (including phenoxy) is 1. The minimum atomic E-state index is -4.90. The molecule has 6 rings (SSSR count). The molecule has 2 fully saturated rings. The molecule has 3 aliphatic rings. The molecular weight excluding hydrogens is 653 g/mol. The van der Waals surface area contributed by atoms with Crippen molar-refractivity contribution in [3.63, 3.8) is 0 Å². The molecule has 3 aliphatic heterocycles. The number of aromatic nitrogens is 1. The summed E-state index contributed by atoms with van der Waals surface area (Å²) < 4.78 is 48.7. The number of para-hydroxylation sites is 1. The molecule has 2 aromatic carbocycles. The molecule has 4 heterocycles. The second kappa shape index (κ2) is 13.8. The molecule has 0 saturated carbocycles. The molecule has 1 atom stereocenters. The number of carbonyl (C=O) groups excluding carboxylic acids is 3. The van der Waals surface area contributed by atoms with Crippen LogP contribution in [0, 0.1) is 0 Å². The van der Waals surface area contributed by atoms with Gasteiger partial charge in [0.05, 0.1) is 23.7 Å². The Labute approximate surface area is 280 Å². The highest BCUT2D eigenvalue weighted by molar-refractivity contribution is 6.32. The maximum absolute atomic E-state index is 13.8. The van der Waals surface area contributed by atoms with E-state index in [-0.39, 0.29) is 37.1 Å². The monoisotopic (exact) mass is 687 g/mol. The van der Waals surface area contributed by atoms with Gasteiger partial charge in [0.2, 0.25) is 0 Å². The largest absolute Gasteiger partial charge is 0.506 e. The second-order valence-electron chi connectivity index (χ2n) is 12.0. The van der Waals surface area contributed by atoms with Gasteiger partial charge in [-0.2, -0.15) is 18.2 Å². The number of alkyl halides is 3. The number of urea groups is 1. The van der Waals surface area contributed by atoms with E-state index >= 15 is 0 Å². The highest BCUT2D eigenvalue weighted by atomic mass is 35.5. The Morgan fingerprint density at radius 3 is 2.35 bits per heavy atom. The van der Waals surface area contributed by atoms with Crippen LogP contribution in [0.1, 0.15) is 29.5 Å². The summed E-state index contributed by atoms with van der Waals surface area (Å²) in [6, 6.07) is 14.7. The Morgan fingerprint density at radius 2 is 1.67 bits per heavy atom. The summed E-state index contributed by atoms with van der Waals surface area (Å²) >= 11 is 5.95. The van der Waals surface area contributed by atoms with E-state index in [1.54, 1.807) is 4.90 Å². The van der Waals surface area contributed by atoms with Crippen molar-refractivity contribution in [3.8, 4) is 5.75 Å². The molecule has 0 unspecified atom stereocenters. The summed E-state index contributed by atoms with van der Waals surface area (Å²) in [7, 11) is 0. The number of hydrogen-bond acceptors (Lipinski definition) is 6. The quantitative estimate of drug-likeness (QED) is 0.372. The Hall–Kier alpha value is -4.72. The first-order valence-corrected chi connectivity index (χ1v) is 16.1. The zero-order valence-corrected chi connectivity index (χ0v) is 26.7. The van der Waals surface area contributed by atoms with Gasteiger partial charge in [-0.25, -0.2) is 9.59 Å².